The lowest BCUT2D eigenvalue weighted by molar-refractivity contribution is -0.0268. The predicted octanol–water partition coefficient (Wildman–Crippen LogP) is 4.50. The van der Waals surface area contributed by atoms with E-state index in [-0.39, 0.29) is 11.6 Å². The number of benzene rings is 1. The molecule has 2 nitrogen and oxygen atoms in total. The predicted molar refractivity (Wildman–Crippen MR) is 89.6 cm³/mol. The zero-order valence-electron chi connectivity index (χ0n) is 14.1. The molecular formula is C19H31NO. The van der Waals surface area contributed by atoms with Gasteiger partial charge in [-0.25, -0.2) is 0 Å². The first-order chi connectivity index (χ1) is 10.0. The lowest BCUT2D eigenvalue weighted by Crippen LogP contribution is -2.51. The smallest absolute Gasteiger partial charge is 0.0973 e. The van der Waals surface area contributed by atoms with Gasteiger partial charge in [0.2, 0.25) is 0 Å². The van der Waals surface area contributed by atoms with E-state index in [0.717, 1.165) is 31.5 Å². The number of aliphatic hydroxyl groups excluding tert-OH is 1. The fraction of sp³-hybridized carbons (Fsp3) is 0.684. The first kappa shape index (κ1) is 16.5. The van der Waals surface area contributed by atoms with Gasteiger partial charge in [0.05, 0.1) is 11.6 Å². The van der Waals surface area contributed by atoms with Crippen molar-refractivity contribution < 1.29 is 5.11 Å². The van der Waals surface area contributed by atoms with Crippen LogP contribution < -0.4 is 0 Å². The van der Waals surface area contributed by atoms with Crippen LogP contribution in [-0.2, 0) is 0 Å². The average Bonchev–Trinajstić information content (AvgIpc) is 2.98. The van der Waals surface area contributed by atoms with E-state index in [4.69, 9.17) is 0 Å². The van der Waals surface area contributed by atoms with Gasteiger partial charge in [0.1, 0.15) is 0 Å². The molecular weight excluding hydrogens is 258 g/mol. The van der Waals surface area contributed by atoms with E-state index in [9.17, 15) is 5.11 Å². The van der Waals surface area contributed by atoms with Gasteiger partial charge in [0, 0.05) is 0 Å². The second-order valence-electron chi connectivity index (χ2n) is 6.71. The highest BCUT2D eigenvalue weighted by molar-refractivity contribution is 5.28. The van der Waals surface area contributed by atoms with E-state index in [0.29, 0.717) is 5.92 Å². The Hall–Kier alpha value is -0.860. The van der Waals surface area contributed by atoms with Gasteiger partial charge in [0.15, 0.2) is 0 Å². The molecule has 2 rings (SSSR count). The lowest BCUT2D eigenvalue weighted by Gasteiger charge is -2.44. The highest BCUT2D eigenvalue weighted by atomic mass is 16.3. The third-order valence-electron chi connectivity index (χ3n) is 5.29. The van der Waals surface area contributed by atoms with Gasteiger partial charge in [-0.15, -0.1) is 0 Å². The standard InChI is InChI=1S/C19H31NO/c1-5-20(6-2)19(13-7-8-14-19)18(21)17-11-9-16(10-12-17)15(3)4/h9-12,15,18,21H,5-8,13-14H2,1-4H3. The SMILES string of the molecule is CCN(CC)C1(C(O)c2ccc(C(C)C)cc2)CCCC1. The van der Waals surface area contributed by atoms with Crippen LogP contribution in [0.2, 0.25) is 0 Å². The molecule has 0 saturated heterocycles. The molecule has 0 heterocycles. The summed E-state index contributed by atoms with van der Waals surface area (Å²) >= 11 is 0. The Labute approximate surface area is 130 Å². The zero-order chi connectivity index (χ0) is 15.5. The topological polar surface area (TPSA) is 23.5 Å². The number of hydrogen-bond donors (Lipinski definition) is 1. The third kappa shape index (κ3) is 3.17. The Kier molecular flexibility index (Phi) is 5.45. The second kappa shape index (κ2) is 6.93. The Morgan fingerprint density at radius 2 is 1.48 bits per heavy atom. The molecule has 1 N–H and O–H groups in total. The van der Waals surface area contributed by atoms with Crippen LogP contribution in [0.15, 0.2) is 24.3 Å². The van der Waals surface area contributed by atoms with Crippen molar-refractivity contribution in [3.05, 3.63) is 35.4 Å². The van der Waals surface area contributed by atoms with Gasteiger partial charge in [-0.1, -0.05) is 64.8 Å². The summed E-state index contributed by atoms with van der Waals surface area (Å²) in [7, 11) is 0. The molecule has 1 aliphatic carbocycles. The number of likely N-dealkylation sites (N-methyl/N-ethyl adjacent to an activating group) is 1. The number of aliphatic hydroxyl groups is 1. The summed E-state index contributed by atoms with van der Waals surface area (Å²) in [6, 6.07) is 8.61. The maximum Gasteiger partial charge on any atom is 0.0973 e. The van der Waals surface area contributed by atoms with E-state index >= 15 is 0 Å². The summed E-state index contributed by atoms with van der Waals surface area (Å²) in [5, 5.41) is 11.1. The summed E-state index contributed by atoms with van der Waals surface area (Å²) in [6.07, 6.45) is 4.32. The van der Waals surface area contributed by atoms with Crippen molar-refractivity contribution in [2.24, 2.45) is 0 Å². The van der Waals surface area contributed by atoms with Crippen LogP contribution in [0.25, 0.3) is 0 Å². The van der Waals surface area contributed by atoms with Crippen LogP contribution in [-0.4, -0.2) is 28.6 Å². The average molecular weight is 289 g/mol. The van der Waals surface area contributed by atoms with E-state index in [1.807, 2.05) is 0 Å². The molecule has 1 aliphatic rings. The summed E-state index contributed by atoms with van der Waals surface area (Å²) in [5.74, 6) is 0.541. The van der Waals surface area contributed by atoms with Crippen LogP contribution in [0.3, 0.4) is 0 Å². The molecule has 21 heavy (non-hydrogen) atoms. The zero-order valence-corrected chi connectivity index (χ0v) is 14.1. The maximum absolute atomic E-state index is 11.1. The van der Waals surface area contributed by atoms with Crippen molar-refractivity contribution >= 4 is 0 Å². The van der Waals surface area contributed by atoms with Crippen LogP contribution in [0.5, 0.6) is 0 Å². The van der Waals surface area contributed by atoms with Crippen molar-refractivity contribution in [1.29, 1.82) is 0 Å². The van der Waals surface area contributed by atoms with Gasteiger partial charge >= 0.3 is 0 Å². The summed E-state index contributed by atoms with van der Waals surface area (Å²) < 4.78 is 0. The monoisotopic (exact) mass is 289 g/mol. The summed E-state index contributed by atoms with van der Waals surface area (Å²) in [6.45, 7) is 10.9. The van der Waals surface area contributed by atoms with Gasteiger partial charge in [-0.2, -0.15) is 0 Å². The van der Waals surface area contributed by atoms with Gasteiger partial charge in [0.25, 0.3) is 0 Å². The fourth-order valence-electron chi connectivity index (χ4n) is 3.98. The normalized spacial score (nSPS) is 19.4. The van der Waals surface area contributed by atoms with Crippen molar-refractivity contribution in [1.82, 2.24) is 4.90 Å². The number of nitrogens with zero attached hydrogens (tertiary/aromatic N) is 1. The molecule has 1 aromatic rings. The summed E-state index contributed by atoms with van der Waals surface area (Å²) in [4.78, 5) is 2.47. The van der Waals surface area contributed by atoms with E-state index < -0.39 is 0 Å². The van der Waals surface area contributed by atoms with Crippen molar-refractivity contribution in [3.8, 4) is 0 Å². The molecule has 118 valence electrons. The largest absolute Gasteiger partial charge is 0.386 e. The minimum Gasteiger partial charge on any atom is -0.386 e. The molecule has 1 fully saturated rings. The lowest BCUT2D eigenvalue weighted by atomic mass is 9.83. The first-order valence-corrected chi connectivity index (χ1v) is 8.58. The highest BCUT2D eigenvalue weighted by Gasteiger charge is 2.44. The molecule has 0 aliphatic heterocycles. The second-order valence-corrected chi connectivity index (χ2v) is 6.71. The van der Waals surface area contributed by atoms with Crippen LogP contribution in [0.4, 0.5) is 0 Å². The van der Waals surface area contributed by atoms with E-state index in [2.05, 4.69) is 56.9 Å². The molecule has 0 bridgehead atoms. The van der Waals surface area contributed by atoms with E-state index in [1.54, 1.807) is 0 Å². The Balaban J connectivity index is 2.28. The van der Waals surface area contributed by atoms with Crippen molar-refractivity contribution in [2.75, 3.05) is 13.1 Å². The van der Waals surface area contributed by atoms with Crippen molar-refractivity contribution in [2.45, 2.75) is 70.9 Å². The fourth-order valence-corrected chi connectivity index (χ4v) is 3.98. The van der Waals surface area contributed by atoms with Crippen molar-refractivity contribution in [3.63, 3.8) is 0 Å². The van der Waals surface area contributed by atoms with Crippen LogP contribution >= 0.6 is 0 Å². The highest BCUT2D eigenvalue weighted by Crippen LogP contribution is 2.44. The van der Waals surface area contributed by atoms with Crippen LogP contribution in [0.1, 0.15) is 76.5 Å². The molecule has 0 aromatic heterocycles. The number of hydrogen-bond acceptors (Lipinski definition) is 2. The summed E-state index contributed by atoms with van der Waals surface area (Å²) in [5.41, 5.74) is 2.37. The van der Waals surface area contributed by atoms with E-state index in [1.165, 1.54) is 18.4 Å². The molecule has 1 unspecified atom stereocenters. The minimum atomic E-state index is -0.374. The molecule has 1 atom stereocenters. The maximum atomic E-state index is 11.1. The molecule has 0 spiro atoms. The third-order valence-corrected chi connectivity index (χ3v) is 5.29. The molecule has 1 saturated carbocycles. The van der Waals surface area contributed by atoms with Gasteiger partial charge in [-0.3, -0.25) is 4.90 Å². The minimum absolute atomic E-state index is 0.0527. The van der Waals surface area contributed by atoms with Gasteiger partial charge < -0.3 is 5.11 Å². The van der Waals surface area contributed by atoms with Crippen LogP contribution in [0, 0.1) is 0 Å². The molecule has 0 radical (unpaired) electrons. The quantitative estimate of drug-likeness (QED) is 0.833. The Morgan fingerprint density at radius 3 is 1.90 bits per heavy atom. The van der Waals surface area contributed by atoms with Gasteiger partial charge in [-0.05, 0) is 43.0 Å². The Bertz CT molecular complexity index is 427. The molecule has 0 amide bonds. The molecule has 1 aromatic carbocycles. The molecule has 2 heteroatoms. The number of rotatable bonds is 6. The first-order valence-electron chi connectivity index (χ1n) is 8.58. The Morgan fingerprint density at radius 1 is 1.00 bits per heavy atom.